The first kappa shape index (κ1) is 19.5. The molecule has 27 heavy (non-hydrogen) atoms. The van der Waals surface area contributed by atoms with E-state index in [1.165, 1.54) is 64.2 Å². The molecule has 0 atom stereocenters. The van der Waals surface area contributed by atoms with Gasteiger partial charge in [-0.25, -0.2) is 0 Å². The van der Waals surface area contributed by atoms with Crippen molar-refractivity contribution < 1.29 is 0 Å². The maximum Gasteiger partial charge on any atom is 0.124 e. The molecule has 2 aliphatic rings. The Morgan fingerprint density at radius 2 is 0.852 bits per heavy atom. The SMILES string of the molecule is Clc1ccc([Si](c2ccc(Cl)cc2)(C2CCCCC2)C2CCCCC2)cc1. The Hall–Kier alpha value is -0.763. The average molecular weight is 417 g/mol. The van der Waals surface area contributed by atoms with Gasteiger partial charge in [0.2, 0.25) is 0 Å². The highest BCUT2D eigenvalue weighted by atomic mass is 35.5. The highest BCUT2D eigenvalue weighted by Crippen LogP contribution is 2.47. The fourth-order valence-electron chi connectivity index (χ4n) is 6.01. The molecule has 4 rings (SSSR count). The lowest BCUT2D eigenvalue weighted by molar-refractivity contribution is 0.459. The fourth-order valence-corrected chi connectivity index (χ4v) is 13.2. The summed E-state index contributed by atoms with van der Waals surface area (Å²) in [6.45, 7) is 0. The van der Waals surface area contributed by atoms with Gasteiger partial charge < -0.3 is 0 Å². The van der Waals surface area contributed by atoms with Gasteiger partial charge in [0, 0.05) is 10.0 Å². The summed E-state index contributed by atoms with van der Waals surface area (Å²) in [5.41, 5.74) is 1.69. The molecule has 3 heteroatoms. The highest BCUT2D eigenvalue weighted by molar-refractivity contribution is 7.04. The summed E-state index contributed by atoms with van der Waals surface area (Å²) >= 11 is 12.6. The van der Waals surface area contributed by atoms with E-state index in [-0.39, 0.29) is 0 Å². The van der Waals surface area contributed by atoms with Crippen LogP contribution in [-0.4, -0.2) is 8.07 Å². The first-order valence-electron chi connectivity index (χ1n) is 10.7. The Morgan fingerprint density at radius 3 is 1.19 bits per heavy atom. The van der Waals surface area contributed by atoms with E-state index in [0.717, 1.165) is 21.1 Å². The van der Waals surface area contributed by atoms with E-state index in [4.69, 9.17) is 23.2 Å². The summed E-state index contributed by atoms with van der Waals surface area (Å²) in [4.78, 5) is 0. The van der Waals surface area contributed by atoms with Crippen LogP contribution in [0.1, 0.15) is 64.2 Å². The Labute approximate surface area is 175 Å². The third-order valence-corrected chi connectivity index (χ3v) is 14.0. The molecule has 0 aromatic heterocycles. The van der Waals surface area contributed by atoms with Crippen molar-refractivity contribution in [1.29, 1.82) is 0 Å². The molecule has 0 nitrogen and oxygen atoms in total. The van der Waals surface area contributed by atoms with Crippen molar-refractivity contribution in [2.24, 2.45) is 0 Å². The summed E-state index contributed by atoms with van der Waals surface area (Å²) < 4.78 is 0. The molecule has 0 radical (unpaired) electrons. The van der Waals surface area contributed by atoms with Crippen LogP contribution in [0.3, 0.4) is 0 Å². The number of benzene rings is 2. The minimum Gasteiger partial charge on any atom is -0.0843 e. The predicted octanol–water partition coefficient (Wildman–Crippen LogP) is 7.23. The highest BCUT2D eigenvalue weighted by Gasteiger charge is 2.50. The van der Waals surface area contributed by atoms with Crippen LogP contribution >= 0.6 is 23.2 Å². The van der Waals surface area contributed by atoms with E-state index < -0.39 is 8.07 Å². The number of hydrogen-bond donors (Lipinski definition) is 0. The zero-order chi connectivity index (χ0) is 18.7. The quantitative estimate of drug-likeness (QED) is 0.461. The lowest BCUT2D eigenvalue weighted by Crippen LogP contribution is -2.65. The van der Waals surface area contributed by atoms with Gasteiger partial charge in [-0.1, -0.05) is 122 Å². The van der Waals surface area contributed by atoms with Gasteiger partial charge in [0.1, 0.15) is 8.07 Å². The van der Waals surface area contributed by atoms with Crippen LogP contribution in [-0.2, 0) is 0 Å². The van der Waals surface area contributed by atoms with E-state index in [2.05, 4.69) is 48.5 Å². The second-order valence-electron chi connectivity index (χ2n) is 8.55. The molecule has 0 spiro atoms. The molecule has 144 valence electrons. The molecule has 0 bridgehead atoms. The minimum absolute atomic E-state index is 0.844. The lowest BCUT2D eigenvalue weighted by atomic mass is 9.99. The van der Waals surface area contributed by atoms with E-state index >= 15 is 0 Å². The standard InChI is InChI=1S/C24H30Cl2Si/c25-19-11-15-23(16-12-19)27(21-7-3-1-4-8-21,22-9-5-2-6-10-22)24-17-13-20(26)14-18-24/h11-18,21-22H,1-10H2. The monoisotopic (exact) mass is 416 g/mol. The predicted molar refractivity (Wildman–Crippen MR) is 122 cm³/mol. The second kappa shape index (κ2) is 8.72. The van der Waals surface area contributed by atoms with E-state index in [9.17, 15) is 0 Å². The third-order valence-electron chi connectivity index (χ3n) is 7.14. The van der Waals surface area contributed by atoms with Gasteiger partial charge in [-0.3, -0.25) is 0 Å². The molecule has 0 N–H and O–H groups in total. The Kier molecular flexibility index (Phi) is 6.31. The number of halogens is 2. The molecule has 2 saturated carbocycles. The molecular formula is C24H30Cl2Si. The molecule has 2 fully saturated rings. The maximum atomic E-state index is 6.30. The smallest absolute Gasteiger partial charge is 0.0843 e. The van der Waals surface area contributed by atoms with Crippen molar-refractivity contribution in [1.82, 2.24) is 0 Å². The molecule has 0 amide bonds. The van der Waals surface area contributed by atoms with Gasteiger partial charge in [0.05, 0.1) is 0 Å². The normalized spacial score (nSPS) is 19.9. The Morgan fingerprint density at radius 1 is 0.519 bits per heavy atom. The number of rotatable bonds is 4. The molecule has 0 unspecified atom stereocenters. The molecule has 2 aliphatic carbocycles. The summed E-state index contributed by atoms with van der Waals surface area (Å²) in [6.07, 6.45) is 14.0. The van der Waals surface area contributed by atoms with Crippen molar-refractivity contribution >= 4 is 41.6 Å². The van der Waals surface area contributed by atoms with Crippen LogP contribution in [0.25, 0.3) is 0 Å². The van der Waals surface area contributed by atoms with Crippen LogP contribution in [0.15, 0.2) is 48.5 Å². The van der Waals surface area contributed by atoms with Crippen LogP contribution in [0, 0.1) is 0 Å². The van der Waals surface area contributed by atoms with E-state index in [1.807, 2.05) is 0 Å². The van der Waals surface area contributed by atoms with Crippen molar-refractivity contribution in [3.8, 4) is 0 Å². The molecular weight excluding hydrogens is 387 g/mol. The fraction of sp³-hybridized carbons (Fsp3) is 0.500. The zero-order valence-electron chi connectivity index (χ0n) is 16.1. The van der Waals surface area contributed by atoms with Crippen molar-refractivity contribution in [3.63, 3.8) is 0 Å². The minimum atomic E-state index is -1.91. The van der Waals surface area contributed by atoms with Crippen LogP contribution < -0.4 is 10.4 Å². The summed E-state index contributed by atoms with van der Waals surface area (Å²) in [5.74, 6) is 0. The van der Waals surface area contributed by atoms with Crippen LogP contribution in [0.2, 0.25) is 21.1 Å². The first-order valence-corrected chi connectivity index (χ1v) is 13.6. The van der Waals surface area contributed by atoms with Gasteiger partial charge in [-0.2, -0.15) is 0 Å². The zero-order valence-corrected chi connectivity index (χ0v) is 18.6. The average Bonchev–Trinajstić information content (AvgIpc) is 2.73. The number of hydrogen-bond acceptors (Lipinski definition) is 0. The van der Waals surface area contributed by atoms with Gasteiger partial charge in [0.25, 0.3) is 0 Å². The molecule has 0 heterocycles. The Balaban J connectivity index is 1.91. The largest absolute Gasteiger partial charge is 0.124 e. The van der Waals surface area contributed by atoms with Crippen molar-refractivity contribution in [2.75, 3.05) is 0 Å². The van der Waals surface area contributed by atoms with E-state index in [1.54, 1.807) is 10.4 Å². The topological polar surface area (TPSA) is 0 Å². The van der Waals surface area contributed by atoms with Crippen LogP contribution in [0.4, 0.5) is 0 Å². The van der Waals surface area contributed by atoms with Gasteiger partial charge in [-0.05, 0) is 35.3 Å². The lowest BCUT2D eigenvalue weighted by Gasteiger charge is -2.48. The van der Waals surface area contributed by atoms with Gasteiger partial charge in [0.15, 0.2) is 0 Å². The Bertz CT molecular complexity index is 660. The van der Waals surface area contributed by atoms with E-state index in [0.29, 0.717) is 0 Å². The summed E-state index contributed by atoms with van der Waals surface area (Å²) in [7, 11) is -1.91. The molecule has 2 aromatic carbocycles. The first-order chi connectivity index (χ1) is 13.2. The molecule has 0 aliphatic heterocycles. The molecule has 2 aromatic rings. The van der Waals surface area contributed by atoms with Gasteiger partial charge >= 0.3 is 0 Å². The third kappa shape index (κ3) is 3.88. The molecule has 0 saturated heterocycles. The van der Waals surface area contributed by atoms with Crippen LogP contribution in [0.5, 0.6) is 0 Å². The summed E-state index contributed by atoms with van der Waals surface area (Å²) in [5, 5.41) is 4.91. The van der Waals surface area contributed by atoms with Crippen molar-refractivity contribution in [3.05, 3.63) is 58.6 Å². The summed E-state index contributed by atoms with van der Waals surface area (Å²) in [6, 6.07) is 18.0. The maximum absolute atomic E-state index is 6.30. The second-order valence-corrected chi connectivity index (χ2v) is 14.0. The van der Waals surface area contributed by atoms with Gasteiger partial charge in [-0.15, -0.1) is 0 Å². The van der Waals surface area contributed by atoms with Crippen molar-refractivity contribution in [2.45, 2.75) is 75.3 Å².